The van der Waals surface area contributed by atoms with E-state index >= 15 is 0 Å². The minimum Gasteiger partial charge on any atom is -0.301 e. The Morgan fingerprint density at radius 1 is 1.12 bits per heavy atom. The second kappa shape index (κ2) is 6.31. The molecule has 0 fully saturated rings. The number of halogens is 1. The predicted molar refractivity (Wildman–Crippen MR) is 99.3 cm³/mol. The maximum atomic E-state index is 12.6. The van der Waals surface area contributed by atoms with Crippen molar-refractivity contribution in [3.63, 3.8) is 0 Å². The number of carbonyl (C=O) groups excluding carboxylic acids is 1. The zero-order valence-corrected chi connectivity index (χ0v) is 14.7. The lowest BCUT2D eigenvalue weighted by atomic mass is 10.1. The smallest absolute Gasteiger partial charge is 0.268 e. The summed E-state index contributed by atoms with van der Waals surface area (Å²) in [6.45, 7) is 2.00. The van der Waals surface area contributed by atoms with Crippen molar-refractivity contribution in [3.05, 3.63) is 64.0 Å². The molecule has 0 unspecified atom stereocenters. The highest BCUT2D eigenvalue weighted by Gasteiger charge is 2.20. The Labute approximate surface area is 152 Å². The number of hydrogen-bond acceptors (Lipinski definition) is 5. The first-order valence-corrected chi connectivity index (χ1v) is 8.71. The van der Waals surface area contributed by atoms with Gasteiger partial charge in [-0.05, 0) is 23.3 Å². The average Bonchev–Trinajstić information content (AvgIpc) is 3.21. The Bertz CT molecular complexity index is 1070. The number of nitrogens with one attached hydrogen (secondary N) is 1. The zero-order chi connectivity index (χ0) is 17.4. The lowest BCUT2D eigenvalue weighted by Gasteiger charge is -2.02. The minimum absolute atomic E-state index is 0.266. The van der Waals surface area contributed by atoms with Crippen LogP contribution in [0.1, 0.15) is 15.2 Å². The molecule has 0 spiro atoms. The molecule has 1 amide bonds. The summed E-state index contributed by atoms with van der Waals surface area (Å²) in [6, 6.07) is 15.3. The van der Waals surface area contributed by atoms with Gasteiger partial charge in [0.05, 0.1) is 5.02 Å². The van der Waals surface area contributed by atoms with Gasteiger partial charge < -0.3 is 5.32 Å². The fraction of sp³-hybridized carbons (Fsp3) is 0.0556. The van der Waals surface area contributed by atoms with Crippen molar-refractivity contribution in [2.45, 2.75) is 6.92 Å². The number of hydrogen-bond donors (Lipinski definition) is 1. The quantitative estimate of drug-likeness (QED) is 0.541. The summed E-state index contributed by atoms with van der Waals surface area (Å²) in [5.41, 5.74) is 2.41. The fourth-order valence-electron chi connectivity index (χ4n) is 2.50. The van der Waals surface area contributed by atoms with Gasteiger partial charge in [0, 0.05) is 15.6 Å². The number of thiophene rings is 1. The third kappa shape index (κ3) is 2.90. The van der Waals surface area contributed by atoms with E-state index in [1.165, 1.54) is 11.3 Å². The van der Waals surface area contributed by atoms with Crippen molar-refractivity contribution < 1.29 is 9.42 Å². The lowest BCUT2D eigenvalue weighted by molar-refractivity contribution is 0.103. The monoisotopic (exact) mass is 369 g/mol. The van der Waals surface area contributed by atoms with E-state index in [1.807, 2.05) is 55.5 Å². The largest absolute Gasteiger partial charge is 0.301 e. The highest BCUT2D eigenvalue weighted by molar-refractivity contribution is 7.21. The number of rotatable bonds is 3. The van der Waals surface area contributed by atoms with E-state index in [4.69, 9.17) is 16.2 Å². The van der Waals surface area contributed by atoms with Crippen LogP contribution < -0.4 is 5.32 Å². The van der Waals surface area contributed by atoms with Gasteiger partial charge >= 0.3 is 0 Å². The van der Waals surface area contributed by atoms with Crippen LogP contribution in [0.3, 0.4) is 0 Å². The molecule has 0 aliphatic heterocycles. The molecule has 4 aromatic rings. The van der Waals surface area contributed by atoms with E-state index in [2.05, 4.69) is 15.6 Å². The molecular formula is C18H12ClN3O2S. The van der Waals surface area contributed by atoms with Crippen LogP contribution in [0.4, 0.5) is 5.82 Å². The second-order valence-electron chi connectivity index (χ2n) is 5.52. The molecule has 5 nitrogen and oxygen atoms in total. The SMILES string of the molecule is Cc1ccc(-c2nonc2NC(=O)c2sc3ccccc3c2Cl)cc1. The minimum atomic E-state index is -0.338. The number of aromatic nitrogens is 2. The van der Waals surface area contributed by atoms with Crippen LogP contribution in [0, 0.1) is 6.92 Å². The average molecular weight is 370 g/mol. The van der Waals surface area contributed by atoms with E-state index in [0.717, 1.165) is 21.2 Å². The first kappa shape index (κ1) is 15.8. The van der Waals surface area contributed by atoms with Gasteiger partial charge in [0.25, 0.3) is 5.91 Å². The third-order valence-corrected chi connectivity index (χ3v) is 5.46. The van der Waals surface area contributed by atoms with Crippen molar-refractivity contribution in [3.8, 4) is 11.3 Å². The number of carbonyl (C=O) groups is 1. The van der Waals surface area contributed by atoms with Gasteiger partial charge in [0.15, 0.2) is 5.69 Å². The van der Waals surface area contributed by atoms with Crippen molar-refractivity contribution in [1.82, 2.24) is 10.3 Å². The first-order chi connectivity index (χ1) is 12.1. The standard InChI is InChI=1S/C18H12ClN3O2S/c1-10-6-8-11(9-7-10)15-17(22-24-21-15)20-18(23)16-14(19)12-4-2-3-5-13(12)25-16/h2-9H,1H3,(H,20,22,23). The molecular weight excluding hydrogens is 358 g/mol. The number of aryl methyl sites for hydroxylation is 1. The summed E-state index contributed by atoms with van der Waals surface area (Å²) < 4.78 is 5.77. The Morgan fingerprint density at radius 3 is 2.64 bits per heavy atom. The van der Waals surface area contributed by atoms with E-state index in [0.29, 0.717) is 15.6 Å². The van der Waals surface area contributed by atoms with Crippen LogP contribution in [-0.2, 0) is 0 Å². The predicted octanol–water partition coefficient (Wildman–Crippen LogP) is 5.17. The Morgan fingerprint density at radius 2 is 1.88 bits per heavy atom. The number of nitrogens with zero attached hydrogens (tertiary/aromatic N) is 2. The molecule has 0 aliphatic rings. The summed E-state index contributed by atoms with van der Waals surface area (Å²) in [5, 5.41) is 11.7. The maximum Gasteiger partial charge on any atom is 0.268 e. The van der Waals surface area contributed by atoms with Crippen molar-refractivity contribution >= 4 is 44.7 Å². The van der Waals surface area contributed by atoms with Crippen LogP contribution in [-0.4, -0.2) is 16.2 Å². The first-order valence-electron chi connectivity index (χ1n) is 7.51. The molecule has 0 bridgehead atoms. The molecule has 7 heteroatoms. The molecule has 124 valence electrons. The fourth-order valence-corrected chi connectivity index (χ4v) is 3.91. The molecule has 0 saturated carbocycles. The summed E-state index contributed by atoms with van der Waals surface area (Å²) in [7, 11) is 0. The van der Waals surface area contributed by atoms with Crippen LogP contribution in [0.15, 0.2) is 53.2 Å². The van der Waals surface area contributed by atoms with Crippen molar-refractivity contribution in [2.75, 3.05) is 5.32 Å². The van der Waals surface area contributed by atoms with Gasteiger partial charge in [-0.1, -0.05) is 59.6 Å². The van der Waals surface area contributed by atoms with Gasteiger partial charge in [-0.15, -0.1) is 11.3 Å². The molecule has 25 heavy (non-hydrogen) atoms. The molecule has 0 atom stereocenters. The summed E-state index contributed by atoms with van der Waals surface area (Å²) in [5.74, 6) is -0.0716. The van der Waals surface area contributed by atoms with Gasteiger partial charge in [0.1, 0.15) is 4.88 Å². The highest BCUT2D eigenvalue weighted by atomic mass is 35.5. The number of amides is 1. The van der Waals surface area contributed by atoms with Crippen LogP contribution in [0.25, 0.3) is 21.3 Å². The normalized spacial score (nSPS) is 11.0. The third-order valence-electron chi connectivity index (χ3n) is 3.79. The lowest BCUT2D eigenvalue weighted by Crippen LogP contribution is -2.11. The molecule has 0 aliphatic carbocycles. The van der Waals surface area contributed by atoms with E-state index in [-0.39, 0.29) is 11.7 Å². The maximum absolute atomic E-state index is 12.6. The van der Waals surface area contributed by atoms with Gasteiger partial charge in [-0.3, -0.25) is 4.79 Å². The van der Waals surface area contributed by atoms with Crippen molar-refractivity contribution in [2.24, 2.45) is 0 Å². The number of fused-ring (bicyclic) bond motifs is 1. The molecule has 0 radical (unpaired) electrons. The van der Waals surface area contributed by atoms with Gasteiger partial charge in [-0.2, -0.15) is 0 Å². The molecule has 1 N–H and O–H groups in total. The van der Waals surface area contributed by atoms with Crippen LogP contribution in [0.2, 0.25) is 5.02 Å². The van der Waals surface area contributed by atoms with Gasteiger partial charge in [0.2, 0.25) is 5.82 Å². The summed E-state index contributed by atoms with van der Waals surface area (Å²) >= 11 is 7.69. The molecule has 0 saturated heterocycles. The molecule has 2 aromatic heterocycles. The Balaban J connectivity index is 1.66. The number of anilines is 1. The summed E-state index contributed by atoms with van der Waals surface area (Å²) in [6.07, 6.45) is 0. The topological polar surface area (TPSA) is 68.0 Å². The highest BCUT2D eigenvalue weighted by Crippen LogP contribution is 2.36. The van der Waals surface area contributed by atoms with E-state index in [1.54, 1.807) is 0 Å². The molecule has 2 aromatic carbocycles. The van der Waals surface area contributed by atoms with E-state index in [9.17, 15) is 4.79 Å². The Hall–Kier alpha value is -2.70. The molecule has 2 heterocycles. The zero-order valence-electron chi connectivity index (χ0n) is 13.1. The van der Waals surface area contributed by atoms with Crippen molar-refractivity contribution in [1.29, 1.82) is 0 Å². The summed E-state index contributed by atoms with van der Waals surface area (Å²) in [4.78, 5) is 13.1. The van der Waals surface area contributed by atoms with E-state index < -0.39 is 0 Å². The van der Waals surface area contributed by atoms with Gasteiger partial charge in [-0.25, -0.2) is 4.63 Å². The number of benzene rings is 2. The second-order valence-corrected chi connectivity index (χ2v) is 6.95. The van der Waals surface area contributed by atoms with Crippen LogP contribution >= 0.6 is 22.9 Å². The van der Waals surface area contributed by atoms with Crippen LogP contribution in [0.5, 0.6) is 0 Å². The molecule has 4 rings (SSSR count). The Kier molecular flexibility index (Phi) is 3.99.